The molecular weight excluding hydrogens is 267 g/mol. The van der Waals surface area contributed by atoms with Crippen LogP contribution in [0.3, 0.4) is 0 Å². The van der Waals surface area contributed by atoms with Crippen molar-refractivity contribution in [1.82, 2.24) is 14.9 Å². The van der Waals surface area contributed by atoms with Crippen LogP contribution in [0.25, 0.3) is 0 Å². The molecule has 3 rings (SSSR count). The number of hydrogen-bond acceptors (Lipinski definition) is 4. The lowest BCUT2D eigenvalue weighted by Crippen LogP contribution is -2.41. The molecule has 110 valence electrons. The average molecular weight is 286 g/mol. The summed E-state index contributed by atoms with van der Waals surface area (Å²) in [4.78, 5) is 10.5. The van der Waals surface area contributed by atoms with Crippen molar-refractivity contribution in [3.63, 3.8) is 0 Å². The molecular formula is C16H19FN4. The maximum Gasteiger partial charge on any atom is 0.129 e. The maximum atomic E-state index is 12.9. The quantitative estimate of drug-likeness (QED) is 0.938. The Morgan fingerprint density at radius 3 is 2.86 bits per heavy atom. The van der Waals surface area contributed by atoms with Gasteiger partial charge in [0, 0.05) is 25.3 Å². The van der Waals surface area contributed by atoms with Gasteiger partial charge in [-0.2, -0.15) is 0 Å². The molecule has 0 spiro atoms. The van der Waals surface area contributed by atoms with Crippen LogP contribution in [0.15, 0.2) is 42.9 Å². The van der Waals surface area contributed by atoms with Crippen molar-refractivity contribution in [2.75, 3.05) is 18.4 Å². The highest BCUT2D eigenvalue weighted by atomic mass is 19.1. The third-order valence-electron chi connectivity index (χ3n) is 3.76. The van der Waals surface area contributed by atoms with Crippen molar-refractivity contribution in [3.8, 4) is 0 Å². The smallest absolute Gasteiger partial charge is 0.129 e. The van der Waals surface area contributed by atoms with Gasteiger partial charge in [0.25, 0.3) is 0 Å². The van der Waals surface area contributed by atoms with E-state index >= 15 is 0 Å². The van der Waals surface area contributed by atoms with Gasteiger partial charge in [0.1, 0.15) is 18.0 Å². The second kappa shape index (κ2) is 6.63. The molecule has 1 fully saturated rings. The van der Waals surface area contributed by atoms with E-state index in [4.69, 9.17) is 0 Å². The van der Waals surface area contributed by atoms with E-state index in [2.05, 4.69) is 20.2 Å². The zero-order valence-electron chi connectivity index (χ0n) is 11.9. The Bertz CT molecular complexity index is 558. The van der Waals surface area contributed by atoms with Crippen LogP contribution in [0.5, 0.6) is 0 Å². The van der Waals surface area contributed by atoms with Gasteiger partial charge in [-0.15, -0.1) is 0 Å². The number of aromatic nitrogens is 2. The maximum absolute atomic E-state index is 12.9. The van der Waals surface area contributed by atoms with Crippen molar-refractivity contribution in [3.05, 3.63) is 54.2 Å². The predicted molar refractivity (Wildman–Crippen MR) is 80.4 cm³/mol. The predicted octanol–water partition coefficient (Wildman–Crippen LogP) is 2.69. The van der Waals surface area contributed by atoms with Crippen molar-refractivity contribution in [2.24, 2.45) is 0 Å². The molecule has 2 aromatic rings. The van der Waals surface area contributed by atoms with Crippen LogP contribution in [-0.4, -0.2) is 34.0 Å². The molecule has 0 radical (unpaired) electrons. The zero-order chi connectivity index (χ0) is 14.5. The third kappa shape index (κ3) is 3.98. The lowest BCUT2D eigenvalue weighted by Gasteiger charge is -2.33. The zero-order valence-corrected chi connectivity index (χ0v) is 11.9. The largest absolute Gasteiger partial charge is 0.366 e. The summed E-state index contributed by atoms with van der Waals surface area (Å²) in [6.45, 7) is 2.92. The van der Waals surface area contributed by atoms with Crippen LogP contribution in [-0.2, 0) is 6.54 Å². The van der Waals surface area contributed by atoms with Gasteiger partial charge < -0.3 is 5.32 Å². The number of halogens is 1. The van der Waals surface area contributed by atoms with E-state index in [1.807, 2.05) is 18.2 Å². The highest BCUT2D eigenvalue weighted by Gasteiger charge is 2.20. The van der Waals surface area contributed by atoms with Crippen LogP contribution in [0.1, 0.15) is 18.4 Å². The Morgan fingerprint density at radius 1 is 1.24 bits per heavy atom. The fraction of sp³-hybridized carbons (Fsp3) is 0.375. The van der Waals surface area contributed by atoms with Crippen LogP contribution in [0.2, 0.25) is 0 Å². The van der Waals surface area contributed by atoms with E-state index in [0.717, 1.165) is 43.9 Å². The molecule has 1 aliphatic rings. The number of hydrogen-bond donors (Lipinski definition) is 1. The third-order valence-corrected chi connectivity index (χ3v) is 3.76. The van der Waals surface area contributed by atoms with Gasteiger partial charge in [-0.05, 0) is 43.1 Å². The fourth-order valence-electron chi connectivity index (χ4n) is 2.75. The van der Waals surface area contributed by atoms with Gasteiger partial charge in [-0.25, -0.2) is 14.4 Å². The summed E-state index contributed by atoms with van der Waals surface area (Å²) >= 11 is 0. The monoisotopic (exact) mass is 286 g/mol. The molecule has 1 aliphatic heterocycles. The molecule has 1 N–H and O–H groups in total. The number of piperidine rings is 1. The van der Waals surface area contributed by atoms with Crippen molar-refractivity contribution < 1.29 is 4.39 Å². The molecule has 2 heterocycles. The summed E-state index contributed by atoms with van der Waals surface area (Å²) in [5.41, 5.74) is 1.15. The Morgan fingerprint density at radius 2 is 2.10 bits per heavy atom. The first-order chi connectivity index (χ1) is 10.3. The Kier molecular flexibility index (Phi) is 4.40. The van der Waals surface area contributed by atoms with Crippen molar-refractivity contribution in [2.45, 2.75) is 25.4 Å². The number of nitrogens with zero attached hydrogens (tertiary/aromatic N) is 3. The van der Waals surface area contributed by atoms with Gasteiger partial charge in [-0.3, -0.25) is 4.90 Å². The molecule has 4 nitrogen and oxygen atoms in total. The van der Waals surface area contributed by atoms with Crippen LogP contribution < -0.4 is 5.32 Å². The van der Waals surface area contributed by atoms with Crippen LogP contribution in [0.4, 0.5) is 10.2 Å². The second-order valence-electron chi connectivity index (χ2n) is 5.44. The first-order valence-electron chi connectivity index (χ1n) is 7.29. The molecule has 1 aromatic heterocycles. The number of nitrogens with one attached hydrogen (secondary N) is 1. The van der Waals surface area contributed by atoms with E-state index in [-0.39, 0.29) is 5.82 Å². The average Bonchev–Trinajstić information content (AvgIpc) is 2.51. The summed E-state index contributed by atoms with van der Waals surface area (Å²) in [6, 6.07) is 9.05. The lowest BCUT2D eigenvalue weighted by molar-refractivity contribution is 0.208. The number of rotatable bonds is 4. The molecule has 0 saturated carbocycles. The van der Waals surface area contributed by atoms with Gasteiger partial charge in [0.2, 0.25) is 0 Å². The molecule has 21 heavy (non-hydrogen) atoms. The van der Waals surface area contributed by atoms with Crippen molar-refractivity contribution >= 4 is 5.82 Å². The SMILES string of the molecule is Fc1ccc(CN2CCCC(Nc3ccncn3)C2)cc1. The molecule has 1 saturated heterocycles. The molecule has 1 unspecified atom stereocenters. The summed E-state index contributed by atoms with van der Waals surface area (Å²) in [6.07, 6.45) is 5.60. The van der Waals surface area contributed by atoms with E-state index in [9.17, 15) is 4.39 Å². The Labute approximate surface area is 124 Å². The van der Waals surface area contributed by atoms with Gasteiger partial charge in [0.05, 0.1) is 0 Å². The minimum Gasteiger partial charge on any atom is -0.366 e. The summed E-state index contributed by atoms with van der Waals surface area (Å²) < 4.78 is 12.9. The van der Waals surface area contributed by atoms with Crippen LogP contribution in [0, 0.1) is 5.82 Å². The molecule has 0 aliphatic carbocycles. The number of likely N-dealkylation sites (tertiary alicyclic amines) is 1. The fourth-order valence-corrected chi connectivity index (χ4v) is 2.75. The van der Waals surface area contributed by atoms with Crippen LogP contribution >= 0.6 is 0 Å². The topological polar surface area (TPSA) is 41.0 Å². The molecule has 1 aromatic carbocycles. The summed E-state index contributed by atoms with van der Waals surface area (Å²) in [7, 11) is 0. The standard InChI is InChI=1S/C16H19FN4/c17-14-5-3-13(4-6-14)10-21-9-1-2-15(11-21)20-16-7-8-18-12-19-16/h3-8,12,15H,1-2,9-11H2,(H,18,19,20). The van der Waals surface area contributed by atoms with Gasteiger partial charge in [0.15, 0.2) is 0 Å². The van der Waals surface area contributed by atoms with Gasteiger partial charge in [-0.1, -0.05) is 12.1 Å². The van der Waals surface area contributed by atoms with Gasteiger partial charge >= 0.3 is 0 Å². The summed E-state index contributed by atoms with van der Waals surface area (Å²) in [5, 5.41) is 3.45. The molecule has 5 heteroatoms. The highest BCUT2D eigenvalue weighted by molar-refractivity contribution is 5.33. The number of benzene rings is 1. The lowest BCUT2D eigenvalue weighted by atomic mass is 10.0. The minimum absolute atomic E-state index is 0.180. The van der Waals surface area contributed by atoms with E-state index < -0.39 is 0 Å². The van der Waals surface area contributed by atoms with E-state index in [1.165, 1.54) is 12.1 Å². The minimum atomic E-state index is -0.180. The summed E-state index contributed by atoms with van der Waals surface area (Å²) in [5.74, 6) is 0.694. The molecule has 1 atom stereocenters. The number of anilines is 1. The first-order valence-corrected chi connectivity index (χ1v) is 7.29. The normalized spacial score (nSPS) is 19.4. The Hall–Kier alpha value is -2.01. The molecule has 0 amide bonds. The van der Waals surface area contributed by atoms with E-state index in [0.29, 0.717) is 6.04 Å². The van der Waals surface area contributed by atoms with E-state index in [1.54, 1.807) is 12.5 Å². The van der Waals surface area contributed by atoms with Crippen molar-refractivity contribution in [1.29, 1.82) is 0 Å². The second-order valence-corrected chi connectivity index (χ2v) is 5.44. The highest BCUT2D eigenvalue weighted by Crippen LogP contribution is 2.16. The Balaban J connectivity index is 1.57. The first kappa shape index (κ1) is 13.9. The molecule has 0 bridgehead atoms.